The van der Waals surface area contributed by atoms with Crippen LogP contribution in [0.5, 0.6) is 0 Å². The van der Waals surface area contributed by atoms with Crippen LogP contribution in [0.2, 0.25) is 0 Å². The highest BCUT2D eigenvalue weighted by atomic mass is 32.2. The molecule has 13 heteroatoms. The summed E-state index contributed by atoms with van der Waals surface area (Å²) in [6, 6.07) is -1.57. The largest absolute Gasteiger partial charge is 0.534 e. The molecule has 0 aromatic carbocycles. The zero-order valence-corrected chi connectivity index (χ0v) is 15.2. The summed E-state index contributed by atoms with van der Waals surface area (Å²) in [6.45, 7) is 8.58. The highest BCUT2D eigenvalue weighted by Gasteiger charge is 2.49. The van der Waals surface area contributed by atoms with Crippen LogP contribution in [0, 0.1) is 0 Å². The van der Waals surface area contributed by atoms with E-state index in [1.54, 1.807) is 0 Å². The molecular weight excluding hydrogens is 373 g/mol. The highest BCUT2D eigenvalue weighted by Crippen LogP contribution is 2.24. The lowest BCUT2D eigenvalue weighted by Crippen LogP contribution is -2.41. The fourth-order valence-corrected chi connectivity index (χ4v) is 1.36. The second kappa shape index (κ2) is 7.45. The van der Waals surface area contributed by atoms with Crippen molar-refractivity contribution >= 4 is 28.3 Å². The Morgan fingerprint density at radius 2 is 1.36 bits per heavy atom. The molecule has 0 heterocycles. The van der Waals surface area contributed by atoms with Crippen LogP contribution >= 0.6 is 0 Å². The molecule has 1 N–H and O–H groups in total. The third-order valence-corrected chi connectivity index (χ3v) is 2.61. The predicted molar refractivity (Wildman–Crippen MR) is 79.1 cm³/mol. The molecule has 0 rings (SSSR count). The smallest absolute Gasteiger partial charge is 0.443 e. The Hall–Kier alpha value is -2.05. The van der Waals surface area contributed by atoms with Gasteiger partial charge < -0.3 is 13.7 Å². The summed E-state index contributed by atoms with van der Waals surface area (Å²) in [5, 5.41) is 1.51. The number of aliphatic imine (C=N–C) groups is 1. The third kappa shape index (κ3) is 9.74. The van der Waals surface area contributed by atoms with Crippen molar-refractivity contribution in [3.63, 3.8) is 0 Å². The van der Waals surface area contributed by atoms with Gasteiger partial charge in [0.2, 0.25) is 0 Å². The number of amides is 2. The first-order chi connectivity index (χ1) is 10.8. The fourth-order valence-electron chi connectivity index (χ4n) is 0.977. The summed E-state index contributed by atoms with van der Waals surface area (Å²) in [6.07, 6.45) is -2.89. The van der Waals surface area contributed by atoms with E-state index in [0.29, 0.717) is 0 Å². The Bertz CT molecular complexity index is 643. The molecule has 0 aliphatic heterocycles. The van der Waals surface area contributed by atoms with Gasteiger partial charge in [-0.25, -0.2) is 14.9 Å². The molecule has 0 atom stereocenters. The summed E-state index contributed by atoms with van der Waals surface area (Å²) < 4.78 is 72.2. The van der Waals surface area contributed by atoms with Crippen molar-refractivity contribution in [2.24, 2.45) is 4.99 Å². The number of nitrogens with one attached hydrogen (secondary N) is 1. The minimum absolute atomic E-state index is 1.07. The van der Waals surface area contributed by atoms with Crippen molar-refractivity contribution < 1.29 is 44.8 Å². The van der Waals surface area contributed by atoms with E-state index in [4.69, 9.17) is 4.74 Å². The molecule has 146 valence electrons. The molecule has 0 aromatic heterocycles. The average Bonchev–Trinajstić information content (AvgIpc) is 2.19. The van der Waals surface area contributed by atoms with E-state index in [-0.39, 0.29) is 0 Å². The van der Waals surface area contributed by atoms with E-state index in [2.05, 4.69) is 13.9 Å². The lowest BCUT2D eigenvalue weighted by molar-refractivity contribution is -0.0507. The van der Waals surface area contributed by atoms with E-state index in [1.165, 1.54) is 46.9 Å². The summed E-state index contributed by atoms with van der Waals surface area (Å²) in [5.74, 6) is 0. The van der Waals surface area contributed by atoms with Crippen molar-refractivity contribution in [2.45, 2.75) is 58.3 Å². The summed E-state index contributed by atoms with van der Waals surface area (Å²) in [7, 11) is -6.18. The number of ether oxygens (including phenoxy) is 2. The van der Waals surface area contributed by atoms with Crippen LogP contribution in [0.3, 0.4) is 0 Å². The Labute approximate surface area is 142 Å². The molecule has 0 saturated carbocycles. The Morgan fingerprint density at radius 1 is 0.920 bits per heavy atom. The Morgan fingerprint density at radius 3 is 1.72 bits per heavy atom. The Balaban J connectivity index is 5.53. The molecule has 0 unspecified atom stereocenters. The molecule has 0 fully saturated rings. The van der Waals surface area contributed by atoms with Crippen LogP contribution in [0.25, 0.3) is 0 Å². The number of nitrogens with zero attached hydrogens (tertiary/aromatic N) is 1. The predicted octanol–water partition coefficient (Wildman–Crippen LogP) is 2.67. The molecule has 0 aromatic rings. The molecular formula is C12H19F3N2O7S. The van der Waals surface area contributed by atoms with E-state index in [0.717, 1.165) is 0 Å². The molecule has 0 bridgehead atoms. The zero-order chi connectivity index (χ0) is 20.3. The van der Waals surface area contributed by atoms with Gasteiger partial charge in [-0.05, 0) is 41.5 Å². The molecule has 25 heavy (non-hydrogen) atoms. The SMILES string of the molecule is CC(C)(C)OC(=O)N=C(NC(=O)OC(C)(C)C)OS(=O)(=O)C(F)(F)F. The van der Waals surface area contributed by atoms with Gasteiger partial charge in [0.1, 0.15) is 11.2 Å². The van der Waals surface area contributed by atoms with Crippen LogP contribution < -0.4 is 5.32 Å². The first-order valence-electron chi connectivity index (χ1n) is 6.65. The molecule has 0 aliphatic carbocycles. The third-order valence-electron chi connectivity index (χ3n) is 1.67. The van der Waals surface area contributed by atoms with E-state index < -0.39 is 45.0 Å². The minimum Gasteiger partial charge on any atom is -0.443 e. The van der Waals surface area contributed by atoms with Gasteiger partial charge in [0.15, 0.2) is 0 Å². The first-order valence-corrected chi connectivity index (χ1v) is 8.06. The molecule has 0 radical (unpaired) electrons. The lowest BCUT2D eigenvalue weighted by atomic mass is 10.2. The summed E-state index contributed by atoms with van der Waals surface area (Å²) in [5.41, 5.74) is -7.96. The zero-order valence-electron chi connectivity index (χ0n) is 14.3. The molecule has 2 amide bonds. The average molecular weight is 392 g/mol. The first kappa shape index (κ1) is 22.9. The van der Waals surface area contributed by atoms with Crippen LogP contribution in [-0.2, 0) is 23.8 Å². The van der Waals surface area contributed by atoms with Crippen LogP contribution in [-0.4, -0.2) is 43.3 Å². The number of hydrogen-bond donors (Lipinski definition) is 1. The quantitative estimate of drug-likeness (QED) is 0.315. The van der Waals surface area contributed by atoms with Crippen molar-refractivity contribution in [1.29, 1.82) is 0 Å². The standard InChI is InChI=1S/C12H19F3N2O7S/c1-10(2,3)22-8(18)16-7(17-9(19)23-11(4,5)6)24-25(20,21)12(13,14)15/h1-6H3,(H,16,17,18,19). The Kier molecular flexibility index (Phi) is 6.84. The molecule has 0 aliphatic rings. The molecule has 0 spiro atoms. The van der Waals surface area contributed by atoms with Crippen molar-refractivity contribution in [3.8, 4) is 0 Å². The van der Waals surface area contributed by atoms with Crippen LogP contribution in [0.1, 0.15) is 41.5 Å². The van der Waals surface area contributed by atoms with Gasteiger partial charge in [0.05, 0.1) is 0 Å². The van der Waals surface area contributed by atoms with Crippen molar-refractivity contribution in [2.75, 3.05) is 0 Å². The summed E-state index contributed by atoms with van der Waals surface area (Å²) in [4.78, 5) is 25.9. The number of rotatable bonds is 1. The van der Waals surface area contributed by atoms with Gasteiger partial charge in [0.25, 0.3) is 0 Å². The number of alkyl halides is 3. The highest BCUT2D eigenvalue weighted by molar-refractivity contribution is 7.88. The van der Waals surface area contributed by atoms with Gasteiger partial charge in [-0.2, -0.15) is 21.6 Å². The van der Waals surface area contributed by atoms with Gasteiger partial charge in [0, 0.05) is 0 Å². The van der Waals surface area contributed by atoms with Crippen molar-refractivity contribution in [1.82, 2.24) is 5.32 Å². The van der Waals surface area contributed by atoms with Crippen molar-refractivity contribution in [3.05, 3.63) is 0 Å². The number of hydrogen-bond acceptors (Lipinski definition) is 7. The van der Waals surface area contributed by atoms with Gasteiger partial charge >= 0.3 is 33.8 Å². The molecule has 0 saturated heterocycles. The maximum absolute atomic E-state index is 12.4. The maximum atomic E-state index is 12.4. The monoisotopic (exact) mass is 392 g/mol. The number of carbonyl (C=O) groups is 2. The van der Waals surface area contributed by atoms with Crippen LogP contribution in [0.15, 0.2) is 4.99 Å². The maximum Gasteiger partial charge on any atom is 0.534 e. The van der Waals surface area contributed by atoms with E-state index in [9.17, 15) is 31.2 Å². The lowest BCUT2D eigenvalue weighted by Gasteiger charge is -2.20. The minimum atomic E-state index is -6.18. The number of halogens is 3. The van der Waals surface area contributed by atoms with Gasteiger partial charge in [-0.15, -0.1) is 4.99 Å². The number of carbonyl (C=O) groups excluding carboxylic acids is 2. The van der Waals surface area contributed by atoms with E-state index in [1.807, 2.05) is 0 Å². The number of amidine groups is 1. The van der Waals surface area contributed by atoms with Gasteiger partial charge in [-0.3, -0.25) is 0 Å². The van der Waals surface area contributed by atoms with E-state index >= 15 is 0 Å². The fraction of sp³-hybridized carbons (Fsp3) is 0.750. The second-order valence-electron chi connectivity index (χ2n) is 6.51. The normalized spacial score (nSPS) is 13.9. The van der Waals surface area contributed by atoms with Crippen LogP contribution in [0.4, 0.5) is 22.8 Å². The topological polar surface area (TPSA) is 120 Å². The summed E-state index contributed by atoms with van der Waals surface area (Å²) >= 11 is 0. The molecule has 9 nitrogen and oxygen atoms in total. The van der Waals surface area contributed by atoms with Gasteiger partial charge in [-0.1, -0.05) is 0 Å². The number of alkyl carbamates (subject to hydrolysis) is 1. The second-order valence-corrected chi connectivity index (χ2v) is 8.05.